The monoisotopic (exact) mass is 224 g/mol. The van der Waals surface area contributed by atoms with Crippen LogP contribution in [-0.4, -0.2) is 8.42 Å². The molecule has 0 aliphatic rings. The van der Waals surface area contributed by atoms with Crippen molar-refractivity contribution in [2.45, 2.75) is 31.1 Å². The SMILES string of the molecule is C=CS(=O)(=O)c1ccc(CCCC)cc1. The molecule has 0 aliphatic heterocycles. The van der Waals surface area contributed by atoms with Gasteiger partial charge in [-0.3, -0.25) is 0 Å². The molecule has 0 bridgehead atoms. The topological polar surface area (TPSA) is 34.1 Å². The molecule has 0 unspecified atom stereocenters. The number of aryl methyl sites for hydroxylation is 1. The minimum atomic E-state index is -3.27. The maximum absolute atomic E-state index is 11.4. The Morgan fingerprint density at radius 1 is 1.27 bits per heavy atom. The van der Waals surface area contributed by atoms with Gasteiger partial charge in [0.1, 0.15) is 0 Å². The van der Waals surface area contributed by atoms with Crippen LogP contribution in [0.3, 0.4) is 0 Å². The first kappa shape index (κ1) is 12.0. The van der Waals surface area contributed by atoms with Gasteiger partial charge in [0.05, 0.1) is 4.90 Å². The highest BCUT2D eigenvalue weighted by molar-refractivity contribution is 7.94. The van der Waals surface area contributed by atoms with E-state index in [0.717, 1.165) is 24.7 Å². The fraction of sp³-hybridized carbons (Fsp3) is 0.333. The van der Waals surface area contributed by atoms with E-state index in [-0.39, 0.29) is 0 Å². The molecule has 1 aromatic carbocycles. The standard InChI is InChI=1S/C12H16O2S/c1-3-5-6-11-7-9-12(10-8-11)15(13,14)4-2/h4,7-10H,2-3,5-6H2,1H3. The van der Waals surface area contributed by atoms with Crippen LogP contribution in [0.15, 0.2) is 41.1 Å². The third-order valence-corrected chi connectivity index (χ3v) is 3.66. The van der Waals surface area contributed by atoms with Crippen LogP contribution in [0.4, 0.5) is 0 Å². The van der Waals surface area contributed by atoms with E-state index in [4.69, 9.17) is 0 Å². The summed E-state index contributed by atoms with van der Waals surface area (Å²) in [5.74, 6) is 0. The lowest BCUT2D eigenvalue weighted by Gasteiger charge is -2.02. The summed E-state index contributed by atoms with van der Waals surface area (Å²) < 4.78 is 22.8. The van der Waals surface area contributed by atoms with Crippen LogP contribution in [0, 0.1) is 0 Å². The second kappa shape index (κ2) is 5.12. The Hall–Kier alpha value is -1.09. The van der Waals surface area contributed by atoms with Gasteiger partial charge in [0.2, 0.25) is 0 Å². The Morgan fingerprint density at radius 3 is 2.33 bits per heavy atom. The Bertz CT molecular complexity index is 415. The van der Waals surface area contributed by atoms with Gasteiger partial charge in [-0.25, -0.2) is 8.42 Å². The molecule has 0 aromatic heterocycles. The van der Waals surface area contributed by atoms with E-state index in [1.807, 2.05) is 12.1 Å². The third-order valence-electron chi connectivity index (χ3n) is 2.29. The summed E-state index contributed by atoms with van der Waals surface area (Å²) in [6, 6.07) is 7.02. The highest BCUT2D eigenvalue weighted by Crippen LogP contribution is 2.14. The van der Waals surface area contributed by atoms with Gasteiger partial charge in [0.25, 0.3) is 0 Å². The number of benzene rings is 1. The summed E-state index contributed by atoms with van der Waals surface area (Å²) in [6.07, 6.45) is 3.28. The summed E-state index contributed by atoms with van der Waals surface area (Å²) >= 11 is 0. The zero-order valence-electron chi connectivity index (χ0n) is 8.94. The molecule has 0 saturated carbocycles. The summed E-state index contributed by atoms with van der Waals surface area (Å²) in [7, 11) is -3.27. The van der Waals surface area contributed by atoms with Gasteiger partial charge in [-0.05, 0) is 30.5 Å². The molecule has 0 fully saturated rings. The molecule has 1 rings (SSSR count). The lowest BCUT2D eigenvalue weighted by Crippen LogP contribution is -1.95. The molecular weight excluding hydrogens is 208 g/mol. The first-order valence-electron chi connectivity index (χ1n) is 5.06. The van der Waals surface area contributed by atoms with Crippen molar-refractivity contribution in [3.8, 4) is 0 Å². The van der Waals surface area contributed by atoms with E-state index in [1.54, 1.807) is 12.1 Å². The van der Waals surface area contributed by atoms with Gasteiger partial charge in [-0.15, -0.1) is 0 Å². The molecule has 15 heavy (non-hydrogen) atoms. The fourth-order valence-corrected chi connectivity index (χ4v) is 2.03. The predicted octanol–water partition coefficient (Wildman–Crippen LogP) is 2.95. The van der Waals surface area contributed by atoms with Crippen molar-refractivity contribution < 1.29 is 8.42 Å². The number of hydrogen-bond acceptors (Lipinski definition) is 2. The zero-order valence-corrected chi connectivity index (χ0v) is 9.76. The van der Waals surface area contributed by atoms with Crippen LogP contribution >= 0.6 is 0 Å². The van der Waals surface area contributed by atoms with Crippen LogP contribution in [0.25, 0.3) is 0 Å². The Kier molecular flexibility index (Phi) is 4.09. The second-order valence-electron chi connectivity index (χ2n) is 3.46. The van der Waals surface area contributed by atoms with E-state index < -0.39 is 9.84 Å². The number of unbranched alkanes of at least 4 members (excludes halogenated alkanes) is 1. The van der Waals surface area contributed by atoms with E-state index in [0.29, 0.717) is 4.90 Å². The van der Waals surface area contributed by atoms with Crippen molar-refractivity contribution in [2.75, 3.05) is 0 Å². The van der Waals surface area contributed by atoms with Crippen LogP contribution in [0.5, 0.6) is 0 Å². The average molecular weight is 224 g/mol. The van der Waals surface area contributed by atoms with Crippen LogP contribution < -0.4 is 0 Å². The van der Waals surface area contributed by atoms with Crippen LogP contribution in [-0.2, 0) is 16.3 Å². The van der Waals surface area contributed by atoms with Crippen LogP contribution in [0.2, 0.25) is 0 Å². The molecule has 0 N–H and O–H groups in total. The van der Waals surface area contributed by atoms with Crippen molar-refractivity contribution in [1.29, 1.82) is 0 Å². The first-order chi connectivity index (χ1) is 7.10. The second-order valence-corrected chi connectivity index (χ2v) is 5.35. The van der Waals surface area contributed by atoms with Gasteiger partial charge in [-0.1, -0.05) is 32.1 Å². The summed E-state index contributed by atoms with van der Waals surface area (Å²) in [5, 5.41) is 0.980. The van der Waals surface area contributed by atoms with E-state index in [2.05, 4.69) is 13.5 Å². The maximum Gasteiger partial charge on any atom is 0.199 e. The average Bonchev–Trinajstić information content (AvgIpc) is 2.27. The summed E-state index contributed by atoms with van der Waals surface area (Å²) in [6.45, 7) is 5.43. The molecule has 0 aliphatic carbocycles. The molecule has 0 spiro atoms. The molecule has 1 aromatic rings. The third kappa shape index (κ3) is 3.20. The molecule has 0 atom stereocenters. The van der Waals surface area contributed by atoms with E-state index in [9.17, 15) is 8.42 Å². The molecule has 2 nitrogen and oxygen atoms in total. The van der Waals surface area contributed by atoms with Gasteiger partial charge < -0.3 is 0 Å². The Labute approximate surface area is 91.6 Å². The van der Waals surface area contributed by atoms with E-state index >= 15 is 0 Å². The molecule has 82 valence electrons. The number of sulfone groups is 1. The minimum absolute atomic E-state index is 0.317. The molecule has 0 radical (unpaired) electrons. The lowest BCUT2D eigenvalue weighted by molar-refractivity contribution is 0.604. The fourth-order valence-electron chi connectivity index (χ4n) is 1.32. The van der Waals surface area contributed by atoms with Crippen molar-refractivity contribution in [2.24, 2.45) is 0 Å². The van der Waals surface area contributed by atoms with Gasteiger partial charge >= 0.3 is 0 Å². The van der Waals surface area contributed by atoms with Crippen LogP contribution in [0.1, 0.15) is 25.3 Å². The molecule has 0 amide bonds. The van der Waals surface area contributed by atoms with Crippen molar-refractivity contribution in [3.63, 3.8) is 0 Å². The van der Waals surface area contributed by atoms with E-state index in [1.165, 1.54) is 5.56 Å². The van der Waals surface area contributed by atoms with Gasteiger partial charge in [0.15, 0.2) is 9.84 Å². The predicted molar refractivity (Wildman–Crippen MR) is 62.4 cm³/mol. The van der Waals surface area contributed by atoms with Crippen molar-refractivity contribution in [1.82, 2.24) is 0 Å². The molecular formula is C12H16O2S. The van der Waals surface area contributed by atoms with Gasteiger partial charge in [-0.2, -0.15) is 0 Å². The highest BCUT2D eigenvalue weighted by Gasteiger charge is 2.08. The number of rotatable bonds is 5. The minimum Gasteiger partial charge on any atom is -0.219 e. The van der Waals surface area contributed by atoms with Crippen molar-refractivity contribution in [3.05, 3.63) is 41.8 Å². The summed E-state index contributed by atoms with van der Waals surface area (Å²) in [4.78, 5) is 0.317. The lowest BCUT2D eigenvalue weighted by atomic mass is 10.1. The van der Waals surface area contributed by atoms with Crippen molar-refractivity contribution >= 4 is 9.84 Å². The Balaban J connectivity index is 2.86. The Morgan fingerprint density at radius 2 is 1.87 bits per heavy atom. The molecule has 3 heteroatoms. The van der Waals surface area contributed by atoms with Gasteiger partial charge in [0, 0.05) is 5.41 Å². The largest absolute Gasteiger partial charge is 0.219 e. The first-order valence-corrected chi connectivity index (χ1v) is 6.61. The quantitative estimate of drug-likeness (QED) is 0.770. The highest BCUT2D eigenvalue weighted by atomic mass is 32.2. The zero-order chi connectivity index (χ0) is 11.3. The smallest absolute Gasteiger partial charge is 0.199 e. The summed E-state index contributed by atoms with van der Waals surface area (Å²) in [5.41, 5.74) is 1.18. The normalized spacial score (nSPS) is 11.3. The molecule has 0 heterocycles. The maximum atomic E-state index is 11.4. The number of hydrogen-bond donors (Lipinski definition) is 0. The molecule has 0 saturated heterocycles.